The number of rotatable bonds is 6. The Kier molecular flexibility index (Phi) is 5.07. The first kappa shape index (κ1) is 18.8. The van der Waals surface area contributed by atoms with E-state index in [4.69, 9.17) is 0 Å². The van der Waals surface area contributed by atoms with Crippen molar-refractivity contribution >= 4 is 17.5 Å². The average molecular weight is 393 g/mol. The van der Waals surface area contributed by atoms with Crippen LogP contribution < -0.4 is 10.6 Å². The molecule has 0 spiro atoms. The lowest BCUT2D eigenvalue weighted by Crippen LogP contribution is -2.19. The van der Waals surface area contributed by atoms with E-state index in [1.165, 1.54) is 44.2 Å². The van der Waals surface area contributed by atoms with E-state index in [9.17, 15) is 14.0 Å². The van der Waals surface area contributed by atoms with Crippen molar-refractivity contribution in [1.29, 1.82) is 0 Å². The molecule has 7 nitrogen and oxygen atoms in total. The minimum absolute atomic E-state index is 0.268. The molecule has 0 saturated heterocycles. The summed E-state index contributed by atoms with van der Waals surface area (Å²) in [4.78, 5) is 24.3. The van der Waals surface area contributed by atoms with Crippen molar-refractivity contribution in [2.24, 2.45) is 5.92 Å². The second-order valence-corrected chi connectivity index (χ2v) is 7.08. The van der Waals surface area contributed by atoms with Crippen LogP contribution in [0.1, 0.15) is 33.6 Å². The predicted molar refractivity (Wildman–Crippen MR) is 106 cm³/mol. The molecule has 8 heteroatoms. The van der Waals surface area contributed by atoms with Crippen LogP contribution in [0.25, 0.3) is 11.3 Å². The van der Waals surface area contributed by atoms with Crippen LogP contribution in [0.5, 0.6) is 0 Å². The summed E-state index contributed by atoms with van der Waals surface area (Å²) >= 11 is 0. The van der Waals surface area contributed by atoms with Crippen LogP contribution in [0.4, 0.5) is 10.1 Å². The molecule has 2 aromatic carbocycles. The first-order valence-corrected chi connectivity index (χ1v) is 9.37. The second-order valence-electron chi connectivity index (χ2n) is 7.08. The lowest BCUT2D eigenvalue weighted by atomic mass is 10.1. The van der Waals surface area contributed by atoms with Crippen LogP contribution in [-0.4, -0.2) is 33.9 Å². The van der Waals surface area contributed by atoms with Gasteiger partial charge in [0, 0.05) is 36.0 Å². The molecule has 1 saturated carbocycles. The first-order valence-electron chi connectivity index (χ1n) is 9.37. The molecule has 1 aliphatic rings. The van der Waals surface area contributed by atoms with Crippen LogP contribution in [0.15, 0.2) is 48.7 Å². The van der Waals surface area contributed by atoms with E-state index in [1.807, 2.05) is 0 Å². The van der Waals surface area contributed by atoms with E-state index >= 15 is 0 Å². The van der Waals surface area contributed by atoms with Gasteiger partial charge in [0.2, 0.25) is 0 Å². The van der Waals surface area contributed by atoms with Crippen LogP contribution >= 0.6 is 0 Å². The highest BCUT2D eigenvalue weighted by molar-refractivity contribution is 6.06. The molecule has 4 rings (SSSR count). The SMILES string of the molecule is CNC(=O)c1cccc(C(=O)Nc2ccc(F)c(-c3cn(CC4CC4)nn3)c2)c1. The topological polar surface area (TPSA) is 88.9 Å². The molecular weight excluding hydrogens is 373 g/mol. The molecule has 0 bridgehead atoms. The van der Waals surface area contributed by atoms with Gasteiger partial charge in [0.25, 0.3) is 11.8 Å². The van der Waals surface area contributed by atoms with E-state index in [1.54, 1.807) is 29.1 Å². The van der Waals surface area contributed by atoms with Crippen molar-refractivity contribution in [3.63, 3.8) is 0 Å². The van der Waals surface area contributed by atoms with Gasteiger partial charge < -0.3 is 10.6 Å². The van der Waals surface area contributed by atoms with Gasteiger partial charge in [0.15, 0.2) is 0 Å². The number of amides is 2. The van der Waals surface area contributed by atoms with E-state index in [-0.39, 0.29) is 11.5 Å². The number of hydrogen-bond donors (Lipinski definition) is 2. The molecule has 1 aromatic heterocycles. The molecule has 0 aliphatic heterocycles. The molecular formula is C21H20FN5O2. The normalized spacial score (nSPS) is 13.2. The zero-order valence-electron chi connectivity index (χ0n) is 15.9. The van der Waals surface area contributed by atoms with Crippen LogP contribution in [0, 0.1) is 11.7 Å². The summed E-state index contributed by atoms with van der Waals surface area (Å²) in [5.41, 5.74) is 1.82. The van der Waals surface area contributed by atoms with Crippen molar-refractivity contribution in [1.82, 2.24) is 20.3 Å². The Labute approximate surface area is 166 Å². The fraction of sp³-hybridized carbons (Fsp3) is 0.238. The summed E-state index contributed by atoms with van der Waals surface area (Å²) in [7, 11) is 1.52. The van der Waals surface area contributed by atoms with E-state index in [2.05, 4.69) is 20.9 Å². The zero-order chi connectivity index (χ0) is 20.4. The minimum atomic E-state index is -0.442. The second kappa shape index (κ2) is 7.83. The van der Waals surface area contributed by atoms with E-state index in [0.29, 0.717) is 28.4 Å². The Morgan fingerprint density at radius 2 is 1.90 bits per heavy atom. The van der Waals surface area contributed by atoms with Crippen LogP contribution in [0.3, 0.4) is 0 Å². The standard InChI is InChI=1S/C21H20FN5O2/c1-23-20(28)14-3-2-4-15(9-14)21(29)24-16-7-8-18(22)17(10-16)19-12-27(26-25-19)11-13-5-6-13/h2-4,7-10,12-13H,5-6,11H2,1H3,(H,23,28)(H,24,29). The molecule has 0 radical (unpaired) electrons. The predicted octanol–water partition coefficient (Wildman–Crippen LogP) is 3.11. The van der Waals surface area contributed by atoms with Gasteiger partial charge in [0.05, 0.1) is 6.20 Å². The Morgan fingerprint density at radius 1 is 1.14 bits per heavy atom. The van der Waals surface area contributed by atoms with Gasteiger partial charge in [-0.2, -0.15) is 0 Å². The van der Waals surface area contributed by atoms with Gasteiger partial charge in [-0.3, -0.25) is 14.3 Å². The summed E-state index contributed by atoms with van der Waals surface area (Å²) in [5, 5.41) is 13.4. The molecule has 2 N–H and O–H groups in total. The van der Waals surface area contributed by atoms with Crippen molar-refractivity contribution in [2.75, 3.05) is 12.4 Å². The number of hydrogen-bond acceptors (Lipinski definition) is 4. The van der Waals surface area contributed by atoms with Gasteiger partial charge in [-0.1, -0.05) is 11.3 Å². The molecule has 2 amide bonds. The third kappa shape index (κ3) is 4.31. The molecule has 29 heavy (non-hydrogen) atoms. The summed E-state index contributed by atoms with van der Waals surface area (Å²) in [5.74, 6) is -0.489. The Morgan fingerprint density at radius 3 is 2.62 bits per heavy atom. The maximum absolute atomic E-state index is 14.3. The zero-order valence-corrected chi connectivity index (χ0v) is 15.9. The van der Waals surface area contributed by atoms with E-state index < -0.39 is 11.7 Å². The minimum Gasteiger partial charge on any atom is -0.355 e. The molecule has 1 aliphatic carbocycles. The largest absolute Gasteiger partial charge is 0.355 e. The first-order chi connectivity index (χ1) is 14.0. The Balaban J connectivity index is 1.53. The Bertz CT molecular complexity index is 1070. The summed E-state index contributed by atoms with van der Waals surface area (Å²) < 4.78 is 16.1. The molecule has 1 heterocycles. The maximum Gasteiger partial charge on any atom is 0.255 e. The number of aromatic nitrogens is 3. The lowest BCUT2D eigenvalue weighted by Gasteiger charge is -2.08. The number of benzene rings is 2. The number of halogens is 1. The highest BCUT2D eigenvalue weighted by Gasteiger charge is 2.22. The van der Waals surface area contributed by atoms with Crippen LogP contribution in [-0.2, 0) is 6.54 Å². The highest BCUT2D eigenvalue weighted by Crippen LogP contribution is 2.31. The third-order valence-corrected chi connectivity index (χ3v) is 4.80. The number of nitrogens with zero attached hydrogens (tertiary/aromatic N) is 3. The van der Waals surface area contributed by atoms with Crippen LogP contribution in [0.2, 0.25) is 0 Å². The maximum atomic E-state index is 14.3. The average Bonchev–Trinajstić information content (AvgIpc) is 3.43. The van der Waals surface area contributed by atoms with Crippen molar-refractivity contribution < 1.29 is 14.0 Å². The fourth-order valence-corrected chi connectivity index (χ4v) is 3.02. The van der Waals surface area contributed by atoms with Gasteiger partial charge in [0.1, 0.15) is 11.5 Å². The number of anilines is 1. The van der Waals surface area contributed by atoms with Crippen molar-refractivity contribution in [3.8, 4) is 11.3 Å². The molecule has 1 fully saturated rings. The van der Waals surface area contributed by atoms with Crippen molar-refractivity contribution in [2.45, 2.75) is 19.4 Å². The monoisotopic (exact) mass is 393 g/mol. The summed E-state index contributed by atoms with van der Waals surface area (Å²) in [6.45, 7) is 0.784. The smallest absolute Gasteiger partial charge is 0.255 e. The summed E-state index contributed by atoms with van der Waals surface area (Å²) in [6, 6.07) is 10.7. The van der Waals surface area contributed by atoms with Gasteiger partial charge in [-0.25, -0.2) is 4.39 Å². The van der Waals surface area contributed by atoms with Crippen molar-refractivity contribution in [3.05, 3.63) is 65.6 Å². The number of carbonyl (C=O) groups is 2. The quantitative estimate of drug-likeness (QED) is 0.674. The molecule has 0 atom stereocenters. The Hall–Kier alpha value is -3.55. The van der Waals surface area contributed by atoms with E-state index in [0.717, 1.165) is 6.54 Å². The highest BCUT2D eigenvalue weighted by atomic mass is 19.1. The molecule has 0 unspecified atom stereocenters. The fourth-order valence-electron chi connectivity index (χ4n) is 3.02. The summed E-state index contributed by atoms with van der Waals surface area (Å²) in [6.07, 6.45) is 4.09. The molecule has 148 valence electrons. The number of carbonyl (C=O) groups excluding carboxylic acids is 2. The third-order valence-electron chi connectivity index (χ3n) is 4.80. The van der Waals surface area contributed by atoms with Gasteiger partial charge in [-0.05, 0) is 55.2 Å². The van der Waals surface area contributed by atoms with Gasteiger partial charge >= 0.3 is 0 Å². The van der Waals surface area contributed by atoms with Gasteiger partial charge in [-0.15, -0.1) is 5.10 Å². The molecule has 3 aromatic rings. The number of nitrogens with one attached hydrogen (secondary N) is 2. The lowest BCUT2D eigenvalue weighted by molar-refractivity contribution is 0.0963.